The summed E-state index contributed by atoms with van der Waals surface area (Å²) < 4.78 is 5.77. The molecule has 6 N–H and O–H groups in total. The number of hydrogen-bond donors (Lipinski definition) is 4. The van der Waals surface area contributed by atoms with E-state index in [-0.39, 0.29) is 6.04 Å². The fourth-order valence-electron chi connectivity index (χ4n) is 3.03. The molecule has 0 amide bonds. The first-order valence-corrected chi connectivity index (χ1v) is 7.53. The molecule has 0 aliphatic heterocycles. The maximum Gasteiger partial charge on any atom is 0.109 e. The SMILES string of the molecule is NC1C[C@@H](N)C(OCc2ccc3ccccc3c2)C(O)[C@@H]1O. The Bertz CT molecular complexity index is 649. The van der Waals surface area contributed by atoms with E-state index >= 15 is 0 Å². The Morgan fingerprint density at radius 1 is 0.955 bits per heavy atom. The van der Waals surface area contributed by atoms with Crippen LogP contribution >= 0.6 is 0 Å². The van der Waals surface area contributed by atoms with Crippen LogP contribution in [0.2, 0.25) is 0 Å². The Hall–Kier alpha value is -1.50. The van der Waals surface area contributed by atoms with Gasteiger partial charge >= 0.3 is 0 Å². The second-order valence-electron chi connectivity index (χ2n) is 6.00. The van der Waals surface area contributed by atoms with Crippen LogP contribution < -0.4 is 11.5 Å². The van der Waals surface area contributed by atoms with Gasteiger partial charge in [-0.2, -0.15) is 0 Å². The Labute approximate surface area is 129 Å². The lowest BCUT2D eigenvalue weighted by Crippen LogP contribution is -2.61. The average molecular weight is 302 g/mol. The highest BCUT2D eigenvalue weighted by Gasteiger charge is 2.41. The van der Waals surface area contributed by atoms with Gasteiger partial charge in [0.25, 0.3) is 0 Å². The second-order valence-corrected chi connectivity index (χ2v) is 6.00. The third-order valence-electron chi connectivity index (χ3n) is 4.35. The Kier molecular flexibility index (Phi) is 4.42. The van der Waals surface area contributed by atoms with Crippen LogP contribution in [0.4, 0.5) is 0 Å². The predicted octanol–water partition coefficient (Wildman–Crippen LogP) is 0.505. The van der Waals surface area contributed by atoms with E-state index in [1.807, 2.05) is 30.3 Å². The normalized spacial score (nSPS) is 32.3. The summed E-state index contributed by atoms with van der Waals surface area (Å²) in [5.74, 6) is 0. The van der Waals surface area contributed by atoms with Gasteiger partial charge in [0.05, 0.1) is 12.7 Å². The van der Waals surface area contributed by atoms with E-state index in [9.17, 15) is 10.2 Å². The number of aliphatic hydroxyl groups excluding tert-OH is 2. The van der Waals surface area contributed by atoms with Crippen molar-refractivity contribution in [1.29, 1.82) is 0 Å². The largest absolute Gasteiger partial charge is 0.389 e. The van der Waals surface area contributed by atoms with E-state index in [2.05, 4.69) is 12.1 Å². The van der Waals surface area contributed by atoms with Crippen molar-refractivity contribution in [1.82, 2.24) is 0 Å². The molecule has 22 heavy (non-hydrogen) atoms. The van der Waals surface area contributed by atoms with Crippen molar-refractivity contribution in [2.24, 2.45) is 11.5 Å². The number of ether oxygens (including phenoxy) is 1. The van der Waals surface area contributed by atoms with Crippen molar-refractivity contribution < 1.29 is 14.9 Å². The monoisotopic (exact) mass is 302 g/mol. The Morgan fingerprint density at radius 3 is 2.45 bits per heavy atom. The molecular weight excluding hydrogens is 280 g/mol. The van der Waals surface area contributed by atoms with Gasteiger partial charge in [-0.15, -0.1) is 0 Å². The van der Waals surface area contributed by atoms with Crippen LogP contribution in [0.1, 0.15) is 12.0 Å². The van der Waals surface area contributed by atoms with E-state index in [1.54, 1.807) is 0 Å². The molecule has 5 nitrogen and oxygen atoms in total. The summed E-state index contributed by atoms with van der Waals surface area (Å²) in [7, 11) is 0. The summed E-state index contributed by atoms with van der Waals surface area (Å²) >= 11 is 0. The highest BCUT2D eigenvalue weighted by molar-refractivity contribution is 5.82. The highest BCUT2D eigenvalue weighted by atomic mass is 16.5. The van der Waals surface area contributed by atoms with Crippen LogP contribution in [0.15, 0.2) is 42.5 Å². The topological polar surface area (TPSA) is 102 Å². The van der Waals surface area contributed by atoms with Gasteiger partial charge in [0.1, 0.15) is 12.2 Å². The zero-order valence-electron chi connectivity index (χ0n) is 12.3. The summed E-state index contributed by atoms with van der Waals surface area (Å²) in [6, 6.07) is 13.3. The second kappa shape index (κ2) is 6.32. The molecule has 3 rings (SSSR count). The number of fused-ring (bicyclic) bond motifs is 1. The number of aliphatic hydroxyl groups is 2. The molecule has 0 radical (unpaired) electrons. The molecule has 1 fully saturated rings. The standard InChI is InChI=1S/C17H22N2O3/c18-13-8-14(19)17(16(21)15(13)20)22-9-10-5-6-11-3-1-2-4-12(11)7-10/h1-7,13-17,20-21H,8-9,18-19H2/t13?,14-,15-,16?,17?/m1/s1. The van der Waals surface area contributed by atoms with Gasteiger partial charge in [-0.3, -0.25) is 0 Å². The van der Waals surface area contributed by atoms with Crippen molar-refractivity contribution in [2.75, 3.05) is 0 Å². The van der Waals surface area contributed by atoms with E-state index in [0.717, 1.165) is 10.9 Å². The molecule has 0 saturated heterocycles. The number of hydrogen-bond acceptors (Lipinski definition) is 5. The van der Waals surface area contributed by atoms with Gasteiger partial charge in [0.15, 0.2) is 0 Å². The zero-order valence-corrected chi connectivity index (χ0v) is 12.3. The van der Waals surface area contributed by atoms with Gasteiger partial charge in [-0.1, -0.05) is 36.4 Å². The lowest BCUT2D eigenvalue weighted by Gasteiger charge is -2.39. The van der Waals surface area contributed by atoms with Crippen LogP contribution in [0.25, 0.3) is 10.8 Å². The molecule has 118 valence electrons. The maximum absolute atomic E-state index is 10.1. The number of rotatable bonds is 3. The fourth-order valence-corrected chi connectivity index (χ4v) is 3.03. The first-order chi connectivity index (χ1) is 10.6. The van der Waals surface area contributed by atoms with Gasteiger partial charge in [0, 0.05) is 12.1 Å². The van der Waals surface area contributed by atoms with Gasteiger partial charge in [0.2, 0.25) is 0 Å². The predicted molar refractivity (Wildman–Crippen MR) is 85.1 cm³/mol. The van der Waals surface area contributed by atoms with E-state index in [0.29, 0.717) is 13.0 Å². The third-order valence-corrected chi connectivity index (χ3v) is 4.35. The highest BCUT2D eigenvalue weighted by Crippen LogP contribution is 2.23. The Balaban J connectivity index is 1.70. The summed E-state index contributed by atoms with van der Waals surface area (Å²) in [6.45, 7) is 0.336. The molecule has 3 unspecified atom stereocenters. The molecule has 0 bridgehead atoms. The summed E-state index contributed by atoms with van der Waals surface area (Å²) in [5, 5.41) is 22.3. The molecule has 5 heteroatoms. The molecule has 0 spiro atoms. The van der Waals surface area contributed by atoms with Crippen molar-refractivity contribution >= 4 is 10.8 Å². The van der Waals surface area contributed by atoms with Gasteiger partial charge in [-0.05, 0) is 28.8 Å². The van der Waals surface area contributed by atoms with Crippen LogP contribution in [0.5, 0.6) is 0 Å². The molecule has 1 aliphatic carbocycles. The van der Waals surface area contributed by atoms with E-state index in [1.165, 1.54) is 5.39 Å². The summed E-state index contributed by atoms with van der Waals surface area (Å²) in [5.41, 5.74) is 12.7. The van der Waals surface area contributed by atoms with E-state index < -0.39 is 24.4 Å². The minimum absolute atomic E-state index is 0.336. The van der Waals surface area contributed by atoms with Gasteiger partial charge in [-0.25, -0.2) is 0 Å². The van der Waals surface area contributed by atoms with Gasteiger partial charge < -0.3 is 26.4 Å². The van der Waals surface area contributed by atoms with Crippen molar-refractivity contribution in [2.45, 2.75) is 43.4 Å². The van der Waals surface area contributed by atoms with E-state index in [4.69, 9.17) is 16.2 Å². The molecule has 1 saturated carbocycles. The van der Waals surface area contributed by atoms with Crippen molar-refractivity contribution in [3.63, 3.8) is 0 Å². The smallest absolute Gasteiger partial charge is 0.109 e. The van der Waals surface area contributed by atoms with Crippen LogP contribution in [-0.2, 0) is 11.3 Å². The molecule has 5 atom stereocenters. The van der Waals surface area contributed by atoms with Crippen molar-refractivity contribution in [3.05, 3.63) is 48.0 Å². The fraction of sp³-hybridized carbons (Fsp3) is 0.412. The summed E-state index contributed by atoms with van der Waals surface area (Å²) in [4.78, 5) is 0. The molecule has 2 aromatic carbocycles. The lowest BCUT2D eigenvalue weighted by atomic mass is 9.85. The minimum atomic E-state index is -1.06. The molecule has 1 aliphatic rings. The molecule has 0 aromatic heterocycles. The maximum atomic E-state index is 10.1. The van der Waals surface area contributed by atoms with Crippen LogP contribution in [0, 0.1) is 0 Å². The zero-order chi connectivity index (χ0) is 15.7. The molecular formula is C17H22N2O3. The minimum Gasteiger partial charge on any atom is -0.389 e. The Morgan fingerprint density at radius 2 is 1.68 bits per heavy atom. The van der Waals surface area contributed by atoms with Crippen LogP contribution in [-0.4, -0.2) is 40.6 Å². The summed E-state index contributed by atoms with van der Waals surface area (Å²) in [6.07, 6.45) is -2.23. The van der Waals surface area contributed by atoms with Crippen molar-refractivity contribution in [3.8, 4) is 0 Å². The third kappa shape index (κ3) is 2.99. The first kappa shape index (κ1) is 15.4. The first-order valence-electron chi connectivity index (χ1n) is 7.53. The number of benzene rings is 2. The lowest BCUT2D eigenvalue weighted by molar-refractivity contribution is -0.131. The average Bonchev–Trinajstić information content (AvgIpc) is 2.52. The van der Waals surface area contributed by atoms with Crippen LogP contribution in [0.3, 0.4) is 0 Å². The number of nitrogens with two attached hydrogens (primary N) is 2. The quantitative estimate of drug-likeness (QED) is 0.661. The molecule has 2 aromatic rings. The molecule has 0 heterocycles.